The predicted octanol–water partition coefficient (Wildman–Crippen LogP) is 5.36. The highest BCUT2D eigenvalue weighted by molar-refractivity contribution is 5.91. The van der Waals surface area contributed by atoms with Crippen molar-refractivity contribution < 1.29 is 41.5 Å². The second kappa shape index (κ2) is 13.0. The molecule has 4 rings (SSSR count). The average molecular weight is 605 g/mol. The van der Waals surface area contributed by atoms with Gasteiger partial charge in [0.05, 0.1) is 25.7 Å². The number of nitrogens with one attached hydrogen (secondary N) is 1. The SMILES string of the molecule is COc1cc2cc(-c3ccc(CC(=O)Nc4cc(C(C)(C)C(F)(F)F)on4)c(F)c3)cnc2cc1OCCN(C)CCO. The maximum absolute atomic E-state index is 15.0. The summed E-state index contributed by atoms with van der Waals surface area (Å²) in [5.41, 5.74) is -0.417. The number of aliphatic hydroxyl groups is 1. The number of ether oxygens (including phenoxy) is 2. The molecule has 0 spiro atoms. The number of aliphatic hydroxyl groups excluding tert-OH is 1. The highest BCUT2D eigenvalue weighted by Gasteiger charge is 2.51. The summed E-state index contributed by atoms with van der Waals surface area (Å²) < 4.78 is 70.9. The minimum atomic E-state index is -4.58. The zero-order valence-corrected chi connectivity index (χ0v) is 24.1. The number of pyridine rings is 1. The van der Waals surface area contributed by atoms with E-state index in [1.165, 1.54) is 19.2 Å². The zero-order chi connectivity index (χ0) is 31.4. The largest absolute Gasteiger partial charge is 0.493 e. The van der Waals surface area contributed by atoms with E-state index in [-0.39, 0.29) is 24.4 Å². The maximum atomic E-state index is 15.0. The Morgan fingerprint density at radius 3 is 2.51 bits per heavy atom. The molecule has 4 aromatic rings. The number of aromatic nitrogens is 2. The van der Waals surface area contributed by atoms with Crippen LogP contribution in [0.4, 0.5) is 23.4 Å². The van der Waals surface area contributed by atoms with Crippen LogP contribution in [0.1, 0.15) is 25.2 Å². The predicted molar refractivity (Wildman–Crippen MR) is 152 cm³/mol. The van der Waals surface area contributed by atoms with Crippen LogP contribution in [-0.4, -0.2) is 72.7 Å². The molecular weight excluding hydrogens is 572 g/mol. The first kappa shape index (κ1) is 31.7. The molecule has 0 aliphatic rings. The van der Waals surface area contributed by atoms with Gasteiger partial charge in [0.25, 0.3) is 0 Å². The number of hydrogen-bond acceptors (Lipinski definition) is 8. The minimum absolute atomic E-state index is 0.0597. The monoisotopic (exact) mass is 604 g/mol. The van der Waals surface area contributed by atoms with Crippen molar-refractivity contribution >= 4 is 22.6 Å². The van der Waals surface area contributed by atoms with E-state index in [2.05, 4.69) is 15.5 Å². The molecule has 0 bridgehead atoms. The summed E-state index contributed by atoms with van der Waals surface area (Å²) in [7, 11) is 3.40. The van der Waals surface area contributed by atoms with E-state index in [1.54, 1.807) is 24.4 Å². The van der Waals surface area contributed by atoms with Crippen molar-refractivity contribution in [2.24, 2.45) is 0 Å². The first-order valence-electron chi connectivity index (χ1n) is 13.3. The quantitative estimate of drug-likeness (QED) is 0.208. The maximum Gasteiger partial charge on any atom is 0.401 e. The number of nitrogens with zero attached hydrogens (tertiary/aromatic N) is 3. The molecule has 230 valence electrons. The Labute approximate surface area is 245 Å². The Kier molecular flexibility index (Phi) is 9.55. The van der Waals surface area contributed by atoms with E-state index >= 15 is 4.39 Å². The number of rotatable bonds is 12. The molecular formula is C30H32F4N4O5. The lowest BCUT2D eigenvalue weighted by atomic mass is 9.89. The second-order valence-electron chi connectivity index (χ2n) is 10.5. The number of anilines is 1. The van der Waals surface area contributed by atoms with Gasteiger partial charge in [0.15, 0.2) is 23.1 Å². The summed E-state index contributed by atoms with van der Waals surface area (Å²) in [6.07, 6.45) is -3.36. The van der Waals surface area contributed by atoms with Gasteiger partial charge in [-0.2, -0.15) is 13.2 Å². The molecule has 2 aromatic carbocycles. The van der Waals surface area contributed by atoms with Crippen LogP contribution in [0.5, 0.6) is 11.5 Å². The number of alkyl halides is 3. The van der Waals surface area contributed by atoms with E-state index in [0.717, 1.165) is 25.3 Å². The van der Waals surface area contributed by atoms with Crippen molar-refractivity contribution in [3.8, 4) is 22.6 Å². The number of carbonyl (C=O) groups excluding carboxylic acids is 1. The first-order chi connectivity index (χ1) is 20.3. The van der Waals surface area contributed by atoms with E-state index in [9.17, 15) is 18.0 Å². The molecule has 9 nitrogen and oxygen atoms in total. The molecule has 0 unspecified atom stereocenters. The zero-order valence-electron chi connectivity index (χ0n) is 24.1. The summed E-state index contributed by atoms with van der Waals surface area (Å²) in [5.74, 6) is -0.946. The van der Waals surface area contributed by atoms with Crippen LogP contribution >= 0.6 is 0 Å². The number of carbonyl (C=O) groups is 1. The second-order valence-corrected chi connectivity index (χ2v) is 10.5. The van der Waals surface area contributed by atoms with E-state index in [1.807, 2.05) is 18.0 Å². The smallest absolute Gasteiger partial charge is 0.401 e. The lowest BCUT2D eigenvalue weighted by Gasteiger charge is -2.24. The Balaban J connectivity index is 1.45. The van der Waals surface area contributed by atoms with Crippen LogP contribution in [0, 0.1) is 5.82 Å². The number of halogens is 4. The average Bonchev–Trinajstić information content (AvgIpc) is 3.42. The molecule has 2 heterocycles. The third kappa shape index (κ3) is 7.41. The van der Waals surface area contributed by atoms with Crippen molar-refractivity contribution in [3.05, 3.63) is 65.8 Å². The van der Waals surface area contributed by atoms with Gasteiger partial charge >= 0.3 is 6.18 Å². The van der Waals surface area contributed by atoms with E-state index in [0.29, 0.717) is 47.8 Å². The Morgan fingerprint density at radius 2 is 1.84 bits per heavy atom. The van der Waals surface area contributed by atoms with Gasteiger partial charge in [-0.3, -0.25) is 9.78 Å². The van der Waals surface area contributed by atoms with Gasteiger partial charge in [-0.25, -0.2) is 4.39 Å². The number of benzene rings is 2. The summed E-state index contributed by atoms with van der Waals surface area (Å²) in [6.45, 7) is 3.46. The molecule has 0 aliphatic carbocycles. The minimum Gasteiger partial charge on any atom is -0.493 e. The van der Waals surface area contributed by atoms with Gasteiger partial charge < -0.3 is 29.3 Å². The normalized spacial score (nSPS) is 12.1. The standard InChI is InChI=1S/C30H32F4N4O5/c1-29(2,30(32,33)34)26-16-27(37-43-26)36-28(40)14-19-6-5-18(12-22(19)31)21-11-20-13-24(41-4)25(15-23(20)35-17-21)42-10-8-38(3)7-9-39/h5-6,11-13,15-17,39H,7-10,14H2,1-4H3,(H,36,37,40). The van der Waals surface area contributed by atoms with Crippen molar-refractivity contribution in [1.29, 1.82) is 0 Å². The molecule has 0 saturated carbocycles. The Hall–Kier alpha value is -4.23. The van der Waals surface area contributed by atoms with Gasteiger partial charge in [-0.1, -0.05) is 17.3 Å². The van der Waals surface area contributed by atoms with Crippen LogP contribution in [0.15, 0.2) is 53.2 Å². The van der Waals surface area contributed by atoms with Crippen LogP contribution in [-0.2, 0) is 16.6 Å². The lowest BCUT2D eigenvalue weighted by Crippen LogP contribution is -2.35. The first-order valence-corrected chi connectivity index (χ1v) is 13.3. The fourth-order valence-electron chi connectivity index (χ4n) is 4.16. The van der Waals surface area contributed by atoms with Crippen molar-refractivity contribution in [3.63, 3.8) is 0 Å². The van der Waals surface area contributed by atoms with Crippen molar-refractivity contribution in [2.75, 3.05) is 45.8 Å². The molecule has 0 atom stereocenters. The Morgan fingerprint density at radius 1 is 1.07 bits per heavy atom. The van der Waals surface area contributed by atoms with Gasteiger partial charge in [-0.05, 0) is 50.2 Å². The number of fused-ring (bicyclic) bond motifs is 1. The van der Waals surface area contributed by atoms with Crippen LogP contribution in [0.3, 0.4) is 0 Å². The van der Waals surface area contributed by atoms with Crippen LogP contribution in [0.25, 0.3) is 22.0 Å². The number of hydrogen-bond donors (Lipinski definition) is 2. The van der Waals surface area contributed by atoms with Gasteiger partial charge in [0.2, 0.25) is 5.91 Å². The van der Waals surface area contributed by atoms with Gasteiger partial charge in [0, 0.05) is 42.4 Å². The molecule has 43 heavy (non-hydrogen) atoms. The molecule has 13 heteroatoms. The fraction of sp³-hybridized carbons (Fsp3) is 0.367. The number of methoxy groups -OCH3 is 1. The summed E-state index contributed by atoms with van der Waals surface area (Å²) in [5, 5.41) is 15.6. The summed E-state index contributed by atoms with van der Waals surface area (Å²) in [4.78, 5) is 18.9. The van der Waals surface area contributed by atoms with Crippen molar-refractivity contribution in [2.45, 2.75) is 31.9 Å². The number of likely N-dealkylation sites (N-methyl/N-ethyl adjacent to an activating group) is 1. The van der Waals surface area contributed by atoms with E-state index < -0.39 is 29.1 Å². The van der Waals surface area contributed by atoms with Gasteiger partial charge in [-0.15, -0.1) is 0 Å². The summed E-state index contributed by atoms with van der Waals surface area (Å²) in [6, 6.07) is 10.7. The topological polar surface area (TPSA) is 110 Å². The van der Waals surface area contributed by atoms with Crippen molar-refractivity contribution in [1.82, 2.24) is 15.0 Å². The molecule has 2 aromatic heterocycles. The lowest BCUT2D eigenvalue weighted by molar-refractivity contribution is -0.185. The number of amides is 1. The van der Waals surface area contributed by atoms with Gasteiger partial charge in [0.1, 0.15) is 17.8 Å². The molecule has 2 N–H and O–H groups in total. The highest BCUT2D eigenvalue weighted by Crippen LogP contribution is 2.41. The third-order valence-electron chi connectivity index (χ3n) is 7.02. The molecule has 0 saturated heterocycles. The third-order valence-corrected chi connectivity index (χ3v) is 7.02. The fourth-order valence-corrected chi connectivity index (χ4v) is 4.16. The van der Waals surface area contributed by atoms with Crippen LogP contribution < -0.4 is 14.8 Å². The summed E-state index contributed by atoms with van der Waals surface area (Å²) >= 11 is 0. The molecule has 0 radical (unpaired) electrons. The Bertz CT molecular complexity index is 1590. The molecule has 0 aliphatic heterocycles. The highest BCUT2D eigenvalue weighted by atomic mass is 19.4. The molecule has 0 fully saturated rings. The molecule has 1 amide bonds. The van der Waals surface area contributed by atoms with Crippen LogP contribution in [0.2, 0.25) is 0 Å². The van der Waals surface area contributed by atoms with E-state index in [4.69, 9.17) is 19.1 Å².